The Bertz CT molecular complexity index is 606. The van der Waals surface area contributed by atoms with Crippen LogP contribution >= 0.6 is 0 Å². The van der Waals surface area contributed by atoms with Crippen molar-refractivity contribution in [3.63, 3.8) is 0 Å². The Morgan fingerprint density at radius 1 is 1.05 bits per heavy atom. The summed E-state index contributed by atoms with van der Waals surface area (Å²) >= 11 is 0. The van der Waals surface area contributed by atoms with E-state index in [0.717, 1.165) is 12.1 Å². The third-order valence-electron chi connectivity index (χ3n) is 2.67. The number of carbonyl (C=O) groups excluding carboxylic acids is 1. The minimum Gasteiger partial charge on any atom is -0.496 e. The molecule has 0 fully saturated rings. The van der Waals surface area contributed by atoms with E-state index in [1.807, 2.05) is 0 Å². The molecule has 0 aliphatic heterocycles. The van der Waals surface area contributed by atoms with E-state index >= 15 is 0 Å². The maximum atomic E-state index is 13.3. The summed E-state index contributed by atoms with van der Waals surface area (Å²) in [5.74, 6) is -2.30. The average molecular weight is 278 g/mol. The van der Waals surface area contributed by atoms with Gasteiger partial charge in [-0.3, -0.25) is 4.79 Å². The maximum Gasteiger partial charge on any atom is 0.203 e. The van der Waals surface area contributed by atoms with Crippen LogP contribution in [0.25, 0.3) is 0 Å². The van der Waals surface area contributed by atoms with Gasteiger partial charge in [-0.05, 0) is 24.3 Å². The number of carbonyl (C=O) groups is 1. The highest BCUT2D eigenvalue weighted by Crippen LogP contribution is 2.22. The van der Waals surface area contributed by atoms with Crippen LogP contribution in [0, 0.1) is 11.6 Å². The first-order valence-corrected chi connectivity index (χ1v) is 5.86. The monoisotopic (exact) mass is 278 g/mol. The van der Waals surface area contributed by atoms with E-state index in [2.05, 4.69) is 0 Å². The van der Waals surface area contributed by atoms with Gasteiger partial charge in [-0.1, -0.05) is 18.2 Å². The van der Waals surface area contributed by atoms with Crippen LogP contribution in [0.2, 0.25) is 0 Å². The standard InChI is InChI=1S/C15H12F2O3/c1-19-14-8-3-2-5-10(14)13(18)9-20-15-11(16)6-4-7-12(15)17/h2-8H,9H2,1H3. The summed E-state index contributed by atoms with van der Waals surface area (Å²) in [7, 11) is 1.43. The molecule has 0 spiro atoms. The second-order valence-electron chi connectivity index (χ2n) is 3.96. The smallest absolute Gasteiger partial charge is 0.203 e. The van der Waals surface area contributed by atoms with Crippen LogP contribution in [0.4, 0.5) is 8.78 Å². The zero-order chi connectivity index (χ0) is 14.5. The molecule has 0 radical (unpaired) electrons. The van der Waals surface area contributed by atoms with Crippen molar-refractivity contribution in [2.24, 2.45) is 0 Å². The molecule has 0 aliphatic carbocycles. The lowest BCUT2D eigenvalue weighted by Gasteiger charge is -2.09. The number of rotatable bonds is 5. The first-order valence-electron chi connectivity index (χ1n) is 5.86. The molecular weight excluding hydrogens is 266 g/mol. The van der Waals surface area contributed by atoms with Crippen LogP contribution in [0.5, 0.6) is 11.5 Å². The largest absolute Gasteiger partial charge is 0.496 e. The molecule has 0 N–H and O–H groups in total. The Hall–Kier alpha value is -2.43. The summed E-state index contributed by atoms with van der Waals surface area (Å²) in [6, 6.07) is 9.91. The third-order valence-corrected chi connectivity index (χ3v) is 2.67. The van der Waals surface area contributed by atoms with Crippen LogP contribution in [-0.4, -0.2) is 19.5 Å². The summed E-state index contributed by atoms with van der Waals surface area (Å²) in [6.07, 6.45) is 0. The van der Waals surface area contributed by atoms with Crippen LogP contribution in [-0.2, 0) is 0 Å². The van der Waals surface area contributed by atoms with Gasteiger partial charge in [-0.15, -0.1) is 0 Å². The van der Waals surface area contributed by atoms with E-state index in [1.165, 1.54) is 13.2 Å². The van der Waals surface area contributed by atoms with E-state index < -0.39 is 29.8 Å². The Kier molecular flexibility index (Phi) is 4.30. The zero-order valence-corrected chi connectivity index (χ0v) is 10.7. The van der Waals surface area contributed by atoms with Crippen LogP contribution < -0.4 is 9.47 Å². The number of ether oxygens (including phenoxy) is 2. The Morgan fingerprint density at radius 2 is 1.70 bits per heavy atom. The van der Waals surface area contributed by atoms with Gasteiger partial charge in [0.1, 0.15) is 5.75 Å². The fraction of sp³-hybridized carbons (Fsp3) is 0.133. The number of halogens is 2. The van der Waals surface area contributed by atoms with Gasteiger partial charge in [-0.2, -0.15) is 0 Å². The Balaban J connectivity index is 2.13. The van der Waals surface area contributed by atoms with E-state index in [0.29, 0.717) is 11.3 Å². The van der Waals surface area contributed by atoms with Gasteiger partial charge >= 0.3 is 0 Å². The number of benzene rings is 2. The summed E-state index contributed by atoms with van der Waals surface area (Å²) in [4.78, 5) is 12.0. The molecule has 0 unspecified atom stereocenters. The van der Waals surface area contributed by atoms with Gasteiger partial charge in [0, 0.05) is 0 Å². The molecular formula is C15H12F2O3. The van der Waals surface area contributed by atoms with Crippen molar-refractivity contribution >= 4 is 5.78 Å². The summed E-state index contributed by atoms with van der Waals surface area (Å²) in [5.41, 5.74) is 0.298. The highest BCUT2D eigenvalue weighted by Gasteiger charge is 2.15. The first kappa shape index (κ1) is 14.0. The van der Waals surface area contributed by atoms with Crippen LogP contribution in [0.1, 0.15) is 10.4 Å². The van der Waals surface area contributed by atoms with Crippen molar-refractivity contribution in [2.75, 3.05) is 13.7 Å². The third kappa shape index (κ3) is 2.93. The van der Waals surface area contributed by atoms with Gasteiger partial charge in [0.2, 0.25) is 5.78 Å². The predicted molar refractivity (Wildman–Crippen MR) is 69.2 cm³/mol. The van der Waals surface area contributed by atoms with Gasteiger partial charge in [-0.25, -0.2) is 8.78 Å². The van der Waals surface area contributed by atoms with Gasteiger partial charge in [0.15, 0.2) is 24.0 Å². The molecule has 0 atom stereocenters. The normalized spacial score (nSPS) is 10.2. The van der Waals surface area contributed by atoms with Crippen LogP contribution in [0.3, 0.4) is 0 Å². The second-order valence-corrected chi connectivity index (χ2v) is 3.96. The van der Waals surface area contributed by atoms with Crippen molar-refractivity contribution in [3.8, 4) is 11.5 Å². The molecule has 2 aromatic rings. The number of methoxy groups -OCH3 is 1. The van der Waals surface area contributed by atoms with Gasteiger partial charge in [0.05, 0.1) is 12.7 Å². The number of para-hydroxylation sites is 2. The average Bonchev–Trinajstić information content (AvgIpc) is 2.46. The Labute approximate surface area is 114 Å². The highest BCUT2D eigenvalue weighted by atomic mass is 19.1. The topological polar surface area (TPSA) is 35.5 Å². The molecule has 0 aliphatic rings. The highest BCUT2D eigenvalue weighted by molar-refractivity contribution is 5.99. The number of Topliss-reactive ketones (excluding diaryl/α,β-unsaturated/α-hetero) is 1. The fourth-order valence-corrected chi connectivity index (χ4v) is 1.71. The lowest BCUT2D eigenvalue weighted by Crippen LogP contribution is -2.14. The first-order chi connectivity index (χ1) is 9.63. The fourth-order valence-electron chi connectivity index (χ4n) is 1.71. The lowest BCUT2D eigenvalue weighted by atomic mass is 10.1. The van der Waals surface area contributed by atoms with Gasteiger partial charge < -0.3 is 9.47 Å². The van der Waals surface area contributed by atoms with Crippen molar-refractivity contribution < 1.29 is 23.0 Å². The van der Waals surface area contributed by atoms with Crippen molar-refractivity contribution in [1.82, 2.24) is 0 Å². The SMILES string of the molecule is COc1ccccc1C(=O)COc1c(F)cccc1F. The van der Waals surface area contributed by atoms with E-state index in [-0.39, 0.29) is 0 Å². The lowest BCUT2D eigenvalue weighted by molar-refractivity contribution is 0.0912. The summed E-state index contributed by atoms with van der Waals surface area (Å²) in [5, 5.41) is 0. The van der Waals surface area contributed by atoms with Gasteiger partial charge in [0.25, 0.3) is 0 Å². The molecule has 2 aromatic carbocycles. The predicted octanol–water partition coefficient (Wildman–Crippen LogP) is 3.24. The molecule has 5 heteroatoms. The molecule has 20 heavy (non-hydrogen) atoms. The molecule has 0 heterocycles. The van der Waals surface area contributed by atoms with E-state index in [9.17, 15) is 13.6 Å². The molecule has 0 bridgehead atoms. The van der Waals surface area contributed by atoms with E-state index in [1.54, 1.807) is 24.3 Å². The minimum absolute atomic E-state index is 0.298. The van der Waals surface area contributed by atoms with Crippen molar-refractivity contribution in [3.05, 3.63) is 59.7 Å². The number of ketones is 1. The number of hydrogen-bond donors (Lipinski definition) is 0. The van der Waals surface area contributed by atoms with Crippen LogP contribution in [0.15, 0.2) is 42.5 Å². The summed E-state index contributed by atoms with van der Waals surface area (Å²) < 4.78 is 36.7. The van der Waals surface area contributed by atoms with E-state index in [4.69, 9.17) is 9.47 Å². The zero-order valence-electron chi connectivity index (χ0n) is 10.7. The quantitative estimate of drug-likeness (QED) is 0.788. The molecule has 0 saturated carbocycles. The van der Waals surface area contributed by atoms with Crippen molar-refractivity contribution in [2.45, 2.75) is 0 Å². The second kappa shape index (κ2) is 6.14. The molecule has 0 saturated heterocycles. The molecule has 0 amide bonds. The van der Waals surface area contributed by atoms with Crippen molar-refractivity contribution in [1.29, 1.82) is 0 Å². The molecule has 0 aromatic heterocycles. The molecule has 104 valence electrons. The minimum atomic E-state index is -0.849. The number of hydrogen-bond acceptors (Lipinski definition) is 3. The maximum absolute atomic E-state index is 13.3. The molecule has 3 nitrogen and oxygen atoms in total. The molecule has 2 rings (SSSR count). The summed E-state index contributed by atoms with van der Waals surface area (Å²) in [6.45, 7) is -0.474. The Morgan fingerprint density at radius 3 is 2.35 bits per heavy atom.